The Kier molecular flexibility index (Phi) is 5.46. The Morgan fingerprint density at radius 3 is 2.95 bits per heavy atom. The molecule has 1 aliphatic heterocycles. The molecule has 1 atom stereocenters. The highest BCUT2D eigenvalue weighted by molar-refractivity contribution is 7.89. The van der Waals surface area contributed by atoms with E-state index in [2.05, 4.69) is 5.10 Å². The summed E-state index contributed by atoms with van der Waals surface area (Å²) in [4.78, 5) is 0.292. The molecule has 1 saturated heterocycles. The molecular weight excluding hydrogens is 298 g/mol. The number of aromatic nitrogens is 2. The predicted molar refractivity (Wildman–Crippen MR) is 79.4 cm³/mol. The third-order valence-electron chi connectivity index (χ3n) is 3.73. The maximum Gasteiger partial charge on any atom is 0.246 e. The van der Waals surface area contributed by atoms with E-state index < -0.39 is 10.0 Å². The van der Waals surface area contributed by atoms with Gasteiger partial charge in [0, 0.05) is 31.2 Å². The van der Waals surface area contributed by atoms with Crippen molar-refractivity contribution < 1.29 is 8.42 Å². The zero-order valence-corrected chi connectivity index (χ0v) is 13.4. The number of aryl methyl sites for hydroxylation is 1. The van der Waals surface area contributed by atoms with Crippen LogP contribution in [0.4, 0.5) is 0 Å². The van der Waals surface area contributed by atoms with E-state index >= 15 is 0 Å². The molecule has 0 aromatic carbocycles. The SMILES string of the molecule is CC1CCCCCN1S(=O)(=O)c1cnn(CCCCl)c1. The number of hydrogen-bond donors (Lipinski definition) is 0. The van der Waals surface area contributed by atoms with Gasteiger partial charge in [0.2, 0.25) is 10.0 Å². The normalized spacial score (nSPS) is 21.8. The molecule has 1 unspecified atom stereocenters. The Balaban J connectivity index is 2.18. The lowest BCUT2D eigenvalue weighted by Crippen LogP contribution is -2.38. The maximum absolute atomic E-state index is 12.7. The summed E-state index contributed by atoms with van der Waals surface area (Å²) in [7, 11) is -3.42. The van der Waals surface area contributed by atoms with Gasteiger partial charge < -0.3 is 0 Å². The first-order valence-electron chi connectivity index (χ1n) is 7.16. The van der Waals surface area contributed by atoms with Crippen LogP contribution in [0.1, 0.15) is 39.0 Å². The third-order valence-corrected chi connectivity index (χ3v) is 5.96. The number of alkyl halides is 1. The number of hydrogen-bond acceptors (Lipinski definition) is 3. The van der Waals surface area contributed by atoms with E-state index in [1.54, 1.807) is 15.2 Å². The van der Waals surface area contributed by atoms with Crippen LogP contribution in [0.3, 0.4) is 0 Å². The molecule has 7 heteroatoms. The van der Waals surface area contributed by atoms with Gasteiger partial charge in [-0.1, -0.05) is 12.8 Å². The van der Waals surface area contributed by atoms with E-state index in [0.717, 1.165) is 32.1 Å². The van der Waals surface area contributed by atoms with Crippen LogP contribution in [0.15, 0.2) is 17.3 Å². The zero-order chi connectivity index (χ0) is 14.6. The average Bonchev–Trinajstić information content (AvgIpc) is 2.79. The Morgan fingerprint density at radius 2 is 2.20 bits per heavy atom. The molecule has 2 rings (SSSR count). The van der Waals surface area contributed by atoms with Crippen LogP contribution in [0.5, 0.6) is 0 Å². The fraction of sp³-hybridized carbons (Fsp3) is 0.769. The number of sulfonamides is 1. The molecule has 1 fully saturated rings. The second-order valence-electron chi connectivity index (χ2n) is 5.30. The van der Waals surface area contributed by atoms with Crippen molar-refractivity contribution in [2.75, 3.05) is 12.4 Å². The van der Waals surface area contributed by atoms with E-state index in [0.29, 0.717) is 23.9 Å². The van der Waals surface area contributed by atoms with Crippen molar-refractivity contribution in [3.05, 3.63) is 12.4 Å². The van der Waals surface area contributed by atoms with Gasteiger partial charge in [-0.25, -0.2) is 8.42 Å². The van der Waals surface area contributed by atoms with Gasteiger partial charge in [0.15, 0.2) is 0 Å². The van der Waals surface area contributed by atoms with E-state index in [4.69, 9.17) is 11.6 Å². The summed E-state index contributed by atoms with van der Waals surface area (Å²) in [5.74, 6) is 0.547. The second kappa shape index (κ2) is 6.91. The van der Waals surface area contributed by atoms with Crippen molar-refractivity contribution in [2.45, 2.75) is 56.5 Å². The monoisotopic (exact) mass is 319 g/mol. The van der Waals surface area contributed by atoms with Gasteiger partial charge in [0.25, 0.3) is 0 Å². The van der Waals surface area contributed by atoms with Gasteiger partial charge in [0.1, 0.15) is 4.90 Å². The molecule has 1 aromatic rings. The summed E-state index contributed by atoms with van der Waals surface area (Å²) >= 11 is 5.64. The van der Waals surface area contributed by atoms with Crippen LogP contribution in [-0.2, 0) is 16.6 Å². The summed E-state index contributed by atoms with van der Waals surface area (Å²) in [5.41, 5.74) is 0. The number of rotatable bonds is 5. The highest BCUT2D eigenvalue weighted by atomic mass is 35.5. The standard InChI is InChI=1S/C13H22ClN3O2S/c1-12-6-3-2-4-9-17(12)20(18,19)13-10-15-16(11-13)8-5-7-14/h10-12H,2-9H2,1H3. The summed E-state index contributed by atoms with van der Waals surface area (Å²) in [6.07, 6.45) is 7.90. The Morgan fingerprint density at radius 1 is 1.40 bits per heavy atom. The molecule has 0 saturated carbocycles. The molecule has 0 radical (unpaired) electrons. The third kappa shape index (κ3) is 3.54. The highest BCUT2D eigenvalue weighted by Gasteiger charge is 2.30. The first-order chi connectivity index (χ1) is 9.55. The van der Waals surface area contributed by atoms with Crippen LogP contribution in [0.2, 0.25) is 0 Å². The van der Waals surface area contributed by atoms with Crippen molar-refractivity contribution in [3.8, 4) is 0 Å². The van der Waals surface area contributed by atoms with Gasteiger partial charge in [-0.2, -0.15) is 9.40 Å². The van der Waals surface area contributed by atoms with Gasteiger partial charge in [-0.05, 0) is 26.2 Å². The minimum Gasteiger partial charge on any atom is -0.271 e. The minimum absolute atomic E-state index is 0.0636. The molecule has 0 spiro atoms. The van der Waals surface area contributed by atoms with E-state index in [-0.39, 0.29) is 6.04 Å². The van der Waals surface area contributed by atoms with Gasteiger partial charge in [0.05, 0.1) is 6.20 Å². The largest absolute Gasteiger partial charge is 0.271 e. The fourth-order valence-corrected chi connectivity index (χ4v) is 4.34. The van der Waals surface area contributed by atoms with Crippen molar-refractivity contribution in [2.24, 2.45) is 0 Å². The summed E-state index contributed by atoms with van der Waals surface area (Å²) in [6.45, 7) is 3.24. The van der Waals surface area contributed by atoms with E-state index in [9.17, 15) is 8.42 Å². The molecule has 0 aliphatic carbocycles. The van der Waals surface area contributed by atoms with Crippen LogP contribution in [0.25, 0.3) is 0 Å². The van der Waals surface area contributed by atoms with Crippen LogP contribution >= 0.6 is 11.6 Å². The summed E-state index contributed by atoms with van der Waals surface area (Å²) in [6, 6.07) is 0.0636. The topological polar surface area (TPSA) is 55.2 Å². The quantitative estimate of drug-likeness (QED) is 0.783. The molecular formula is C13H22ClN3O2S. The van der Waals surface area contributed by atoms with Crippen molar-refractivity contribution in [1.82, 2.24) is 14.1 Å². The molecule has 1 aromatic heterocycles. The van der Waals surface area contributed by atoms with Gasteiger partial charge >= 0.3 is 0 Å². The lowest BCUT2D eigenvalue weighted by Gasteiger charge is -2.25. The lowest BCUT2D eigenvalue weighted by atomic mass is 10.1. The Bertz CT molecular complexity index is 529. The molecule has 0 N–H and O–H groups in total. The van der Waals surface area contributed by atoms with Crippen molar-refractivity contribution in [1.29, 1.82) is 0 Å². The molecule has 20 heavy (non-hydrogen) atoms. The Hall–Kier alpha value is -0.590. The highest BCUT2D eigenvalue weighted by Crippen LogP contribution is 2.24. The first kappa shape index (κ1) is 15.8. The summed E-state index contributed by atoms with van der Waals surface area (Å²) in [5, 5.41) is 4.12. The van der Waals surface area contributed by atoms with E-state index in [1.807, 2.05) is 6.92 Å². The number of halogens is 1. The van der Waals surface area contributed by atoms with Crippen LogP contribution in [0, 0.1) is 0 Å². The van der Waals surface area contributed by atoms with Crippen molar-refractivity contribution >= 4 is 21.6 Å². The van der Waals surface area contributed by atoms with Crippen molar-refractivity contribution in [3.63, 3.8) is 0 Å². The first-order valence-corrected chi connectivity index (χ1v) is 9.13. The number of nitrogens with zero attached hydrogens (tertiary/aromatic N) is 3. The molecule has 2 heterocycles. The zero-order valence-electron chi connectivity index (χ0n) is 11.8. The Labute approximate surface area is 126 Å². The second-order valence-corrected chi connectivity index (χ2v) is 7.56. The molecule has 1 aliphatic rings. The van der Waals surface area contributed by atoms with Crippen LogP contribution in [-0.4, -0.2) is 41.0 Å². The fourth-order valence-electron chi connectivity index (χ4n) is 2.56. The summed E-state index contributed by atoms with van der Waals surface area (Å²) < 4.78 is 28.6. The smallest absolute Gasteiger partial charge is 0.246 e. The predicted octanol–water partition coefficient (Wildman–Crippen LogP) is 2.47. The van der Waals surface area contributed by atoms with Gasteiger partial charge in [-0.3, -0.25) is 4.68 Å². The lowest BCUT2D eigenvalue weighted by molar-refractivity contribution is 0.342. The maximum atomic E-state index is 12.7. The van der Waals surface area contributed by atoms with Gasteiger partial charge in [-0.15, -0.1) is 11.6 Å². The minimum atomic E-state index is -3.42. The van der Waals surface area contributed by atoms with Crippen LogP contribution < -0.4 is 0 Å². The van der Waals surface area contributed by atoms with E-state index in [1.165, 1.54) is 6.20 Å². The molecule has 114 valence electrons. The molecule has 0 bridgehead atoms. The molecule has 5 nitrogen and oxygen atoms in total. The molecule has 0 amide bonds. The average molecular weight is 320 g/mol.